The fourth-order valence-corrected chi connectivity index (χ4v) is 5.67. The van der Waals surface area contributed by atoms with E-state index < -0.39 is 16.0 Å². The van der Waals surface area contributed by atoms with E-state index in [0.717, 1.165) is 11.1 Å². The van der Waals surface area contributed by atoms with Gasteiger partial charge in [0.1, 0.15) is 23.1 Å². The van der Waals surface area contributed by atoms with Crippen LogP contribution in [0.15, 0.2) is 64.6 Å². The van der Waals surface area contributed by atoms with Crippen LogP contribution in [0.5, 0.6) is 11.5 Å². The Morgan fingerprint density at radius 1 is 0.968 bits per heavy atom. The molecule has 3 heterocycles. The van der Waals surface area contributed by atoms with Gasteiger partial charge in [-0.3, -0.25) is 4.79 Å². The van der Waals surface area contributed by atoms with E-state index in [1.54, 1.807) is 51.7 Å². The smallest absolute Gasteiger partial charge is 0.256 e. The molecule has 0 saturated carbocycles. The number of amides is 1. The van der Waals surface area contributed by atoms with Crippen molar-refractivity contribution in [2.75, 3.05) is 39.4 Å². The van der Waals surface area contributed by atoms with Crippen molar-refractivity contribution in [3.63, 3.8) is 0 Å². The third-order valence-electron chi connectivity index (χ3n) is 5.86. The fraction of sp³-hybridized carbons (Fsp3) is 0.318. The van der Waals surface area contributed by atoms with Crippen molar-refractivity contribution in [2.45, 2.75) is 11.0 Å². The summed E-state index contributed by atoms with van der Waals surface area (Å²) in [6.45, 7) is 2.37. The van der Waals surface area contributed by atoms with Crippen LogP contribution in [0, 0.1) is 4.78 Å². The number of aliphatic hydroxyl groups excluding tert-OH is 1. The lowest BCUT2D eigenvalue weighted by Gasteiger charge is -2.26. The van der Waals surface area contributed by atoms with E-state index in [9.17, 15) is 14.1 Å². The number of aliphatic hydroxyl groups is 1. The number of hydrogen-bond acceptors (Lipinski definition) is 6. The molecule has 162 valence electrons. The van der Waals surface area contributed by atoms with E-state index in [4.69, 9.17) is 14.3 Å². The number of fused-ring (bicyclic) bond motifs is 1. The molecule has 0 aromatic heterocycles. The predicted molar refractivity (Wildman–Crippen MR) is 113 cm³/mol. The van der Waals surface area contributed by atoms with Gasteiger partial charge in [0.2, 0.25) is 0 Å². The van der Waals surface area contributed by atoms with Gasteiger partial charge in [0, 0.05) is 32.2 Å². The maximum atomic E-state index is 13.4. The summed E-state index contributed by atoms with van der Waals surface area (Å²) in [5.41, 5.74) is 2.55. The zero-order chi connectivity index (χ0) is 21.6. The summed E-state index contributed by atoms with van der Waals surface area (Å²) in [5, 5.41) is 10.4. The molecule has 0 radical (unpaired) electrons. The van der Waals surface area contributed by atoms with Crippen LogP contribution < -0.4 is 9.47 Å². The average molecular weight is 442 g/mol. The monoisotopic (exact) mass is 441 g/mol. The summed E-state index contributed by atoms with van der Waals surface area (Å²) >= 11 is 0. The molecule has 31 heavy (non-hydrogen) atoms. The molecule has 8 nitrogen and oxygen atoms in total. The number of rotatable bonds is 4. The summed E-state index contributed by atoms with van der Waals surface area (Å²) in [6, 6.07) is 13.8. The number of carbonyl (C=O) groups excluding carboxylic acids is 1. The molecular weight excluding hydrogens is 418 g/mol. The Kier molecular flexibility index (Phi) is 4.96. The molecule has 0 bridgehead atoms. The van der Waals surface area contributed by atoms with Crippen molar-refractivity contribution in [3.8, 4) is 11.5 Å². The van der Waals surface area contributed by atoms with Crippen molar-refractivity contribution >= 4 is 15.8 Å². The highest BCUT2D eigenvalue weighted by Gasteiger charge is 2.38. The van der Waals surface area contributed by atoms with Gasteiger partial charge in [-0.15, -0.1) is 0 Å². The van der Waals surface area contributed by atoms with Gasteiger partial charge in [0.25, 0.3) is 5.91 Å². The fourth-order valence-electron chi connectivity index (χ4n) is 4.18. The molecule has 2 aromatic carbocycles. The number of nitrogens with one attached hydrogen (secondary N) is 1. The largest absolute Gasteiger partial charge is 0.486 e. The summed E-state index contributed by atoms with van der Waals surface area (Å²) in [6.07, 6.45) is -1.20. The topological polar surface area (TPSA) is 103 Å². The molecule has 9 heteroatoms. The van der Waals surface area contributed by atoms with Crippen LogP contribution in [0.25, 0.3) is 0 Å². The number of hydrogen-bond donors (Lipinski definition) is 2. The molecule has 3 aliphatic heterocycles. The van der Waals surface area contributed by atoms with Gasteiger partial charge in [-0.05, 0) is 28.8 Å². The summed E-state index contributed by atoms with van der Waals surface area (Å²) in [7, 11) is -3.21. The second-order valence-corrected chi connectivity index (χ2v) is 9.88. The molecule has 0 saturated heterocycles. The lowest BCUT2D eigenvalue weighted by Crippen LogP contribution is -2.38. The van der Waals surface area contributed by atoms with Gasteiger partial charge in [-0.25, -0.2) is 13.3 Å². The van der Waals surface area contributed by atoms with Gasteiger partial charge in [0.05, 0.1) is 4.90 Å². The predicted octanol–water partition coefficient (Wildman–Crippen LogP) is 1.97. The molecule has 2 aromatic rings. The second-order valence-electron chi connectivity index (χ2n) is 7.84. The normalized spacial score (nSPS) is 21.0. The minimum Gasteiger partial charge on any atom is -0.486 e. The van der Waals surface area contributed by atoms with Gasteiger partial charge >= 0.3 is 0 Å². The van der Waals surface area contributed by atoms with Crippen molar-refractivity contribution in [2.24, 2.45) is 0 Å². The molecule has 0 spiro atoms. The minimum atomic E-state index is -3.21. The quantitative estimate of drug-likeness (QED) is 0.706. The summed E-state index contributed by atoms with van der Waals surface area (Å²) < 4.78 is 34.7. The van der Waals surface area contributed by atoms with E-state index in [1.807, 2.05) is 6.07 Å². The van der Waals surface area contributed by atoms with E-state index in [0.29, 0.717) is 61.4 Å². The molecule has 1 unspecified atom stereocenters. The first-order valence-corrected chi connectivity index (χ1v) is 11.6. The van der Waals surface area contributed by atoms with E-state index >= 15 is 0 Å². The molecule has 3 aliphatic rings. The van der Waals surface area contributed by atoms with Crippen LogP contribution in [-0.2, 0) is 14.7 Å². The van der Waals surface area contributed by atoms with Gasteiger partial charge in [-0.1, -0.05) is 30.3 Å². The van der Waals surface area contributed by atoms with E-state index in [2.05, 4.69) is 0 Å². The molecule has 0 fully saturated rings. The average Bonchev–Trinajstić information content (AvgIpc) is 3.38. The second kappa shape index (κ2) is 7.67. The zero-order valence-electron chi connectivity index (χ0n) is 16.8. The van der Waals surface area contributed by atoms with Crippen LogP contribution in [0.3, 0.4) is 0 Å². The van der Waals surface area contributed by atoms with Gasteiger partial charge in [0.15, 0.2) is 17.6 Å². The Morgan fingerprint density at radius 3 is 2.29 bits per heavy atom. The van der Waals surface area contributed by atoms with Crippen molar-refractivity contribution in [3.05, 3.63) is 65.2 Å². The molecule has 5 rings (SSSR count). The third-order valence-corrected chi connectivity index (χ3v) is 7.73. The number of carbonyl (C=O) groups is 1. The van der Waals surface area contributed by atoms with Crippen LogP contribution in [0.1, 0.15) is 11.7 Å². The first kappa shape index (κ1) is 20.0. The highest BCUT2D eigenvalue weighted by atomic mass is 32.2. The van der Waals surface area contributed by atoms with Crippen LogP contribution in [0.2, 0.25) is 0 Å². The van der Waals surface area contributed by atoms with E-state index in [1.165, 1.54) is 0 Å². The standard InChI is InChI=1S/C22H23N3O5S/c23-31(28,18-6-7-19-20(10-18)30-9-8-29-19)25-13-16-11-24(12-17(16)14-25)22(27)21(26)15-4-2-1-3-5-15/h1-7,10,21,23,26H,8-9,11-14H2/t21-,31?/m0/s1. The SMILES string of the molecule is N=S(=O)(c1ccc2c(c1)OCCO2)N1CC2=C(CN(C(=O)[C@@H](O)c3ccccc3)C2)C1. The highest BCUT2D eigenvalue weighted by Crippen LogP contribution is 2.36. The van der Waals surface area contributed by atoms with Gasteiger partial charge < -0.3 is 19.5 Å². The minimum absolute atomic E-state index is 0.342. The van der Waals surface area contributed by atoms with Crippen molar-refractivity contribution < 1.29 is 23.6 Å². The lowest BCUT2D eigenvalue weighted by atomic mass is 10.1. The Hall–Kier alpha value is -2.88. The van der Waals surface area contributed by atoms with Crippen LogP contribution in [-0.4, -0.2) is 63.8 Å². The lowest BCUT2D eigenvalue weighted by molar-refractivity contribution is -0.139. The Balaban J connectivity index is 1.26. The molecule has 2 N–H and O–H groups in total. The first-order valence-electron chi connectivity index (χ1n) is 10.1. The number of ether oxygens (including phenoxy) is 2. The van der Waals surface area contributed by atoms with Crippen LogP contribution >= 0.6 is 0 Å². The van der Waals surface area contributed by atoms with Gasteiger partial charge in [-0.2, -0.15) is 0 Å². The maximum Gasteiger partial charge on any atom is 0.256 e. The van der Waals surface area contributed by atoms with Crippen LogP contribution in [0.4, 0.5) is 0 Å². The first-order chi connectivity index (χ1) is 14.9. The maximum absolute atomic E-state index is 13.4. The summed E-state index contributed by atoms with van der Waals surface area (Å²) in [4.78, 5) is 14.7. The Labute approximate surface area is 180 Å². The van der Waals surface area contributed by atoms with Crippen molar-refractivity contribution in [1.82, 2.24) is 9.21 Å². The molecule has 2 atom stereocenters. The molecule has 1 amide bonds. The highest BCUT2D eigenvalue weighted by molar-refractivity contribution is 7.90. The molecular formula is C22H23N3O5S. The zero-order valence-corrected chi connectivity index (χ0v) is 17.6. The Morgan fingerprint density at radius 2 is 1.61 bits per heavy atom. The number of benzene rings is 2. The van der Waals surface area contributed by atoms with E-state index in [-0.39, 0.29) is 5.91 Å². The van der Waals surface area contributed by atoms with Crippen molar-refractivity contribution in [1.29, 1.82) is 4.78 Å². The molecule has 0 aliphatic carbocycles. The third kappa shape index (κ3) is 3.58. The summed E-state index contributed by atoms with van der Waals surface area (Å²) in [5.74, 6) is 0.763. The number of nitrogens with zero attached hydrogens (tertiary/aromatic N) is 2. The Bertz CT molecular complexity index is 1140.